The van der Waals surface area contributed by atoms with E-state index in [-0.39, 0.29) is 17.6 Å². The highest BCUT2D eigenvalue weighted by Crippen LogP contribution is 2.29. The molecule has 1 saturated heterocycles. The number of carbonyl (C=O) groups is 3. The molecule has 1 heterocycles. The van der Waals surface area contributed by atoms with Crippen LogP contribution in [0, 0.1) is 0 Å². The molecule has 8 heteroatoms. The van der Waals surface area contributed by atoms with Crippen LogP contribution in [0.15, 0.2) is 0 Å². The van der Waals surface area contributed by atoms with Gasteiger partial charge in [-0.05, 0) is 20.3 Å². The molecule has 1 rings (SSSR count). The smallest absolute Gasteiger partial charge is 0.326 e. The van der Waals surface area contributed by atoms with E-state index in [2.05, 4.69) is 5.32 Å². The van der Waals surface area contributed by atoms with Gasteiger partial charge in [0.15, 0.2) is 0 Å². The van der Waals surface area contributed by atoms with Crippen LogP contribution in [0.25, 0.3) is 0 Å². The Labute approximate surface area is 122 Å². The van der Waals surface area contributed by atoms with Gasteiger partial charge in [0.25, 0.3) is 0 Å². The number of primary amides is 1. The molecule has 0 saturated carbocycles. The minimum absolute atomic E-state index is 0.00237. The van der Waals surface area contributed by atoms with Crippen molar-refractivity contribution in [2.24, 2.45) is 5.73 Å². The Kier molecular flexibility index (Phi) is 5.67. The summed E-state index contributed by atoms with van der Waals surface area (Å²) in [7, 11) is 0. The summed E-state index contributed by atoms with van der Waals surface area (Å²) in [5.41, 5.74) is 4.99. The third-order valence-electron chi connectivity index (χ3n) is 2.99. The average Bonchev–Trinajstić information content (AvgIpc) is 2.32. The van der Waals surface area contributed by atoms with Gasteiger partial charge in [-0.1, -0.05) is 0 Å². The van der Waals surface area contributed by atoms with E-state index < -0.39 is 23.9 Å². The van der Waals surface area contributed by atoms with E-state index in [9.17, 15) is 14.4 Å². The summed E-state index contributed by atoms with van der Waals surface area (Å²) in [5.74, 6) is -0.925. The van der Waals surface area contributed by atoms with Crippen molar-refractivity contribution in [2.75, 3.05) is 18.8 Å². The number of rotatable bonds is 5. The van der Waals surface area contributed by atoms with Gasteiger partial charge < -0.3 is 21.1 Å². The number of nitrogens with one attached hydrogen (secondary N) is 1. The van der Waals surface area contributed by atoms with Crippen LogP contribution in [-0.2, 0) is 9.59 Å². The molecule has 4 N–H and O–H groups in total. The van der Waals surface area contributed by atoms with Crippen LogP contribution in [-0.4, -0.2) is 57.5 Å². The summed E-state index contributed by atoms with van der Waals surface area (Å²) in [6.07, 6.45) is -0.0685. The van der Waals surface area contributed by atoms with Gasteiger partial charge in [0, 0.05) is 30.0 Å². The predicted molar refractivity (Wildman–Crippen MR) is 76.5 cm³/mol. The minimum atomic E-state index is -1.16. The zero-order valence-corrected chi connectivity index (χ0v) is 12.5. The number of nitrogens with zero attached hydrogens (tertiary/aromatic N) is 1. The SMILES string of the molecule is CC1(C)CN(C(=O)N[C@H](CCC(N)=O)C(=O)O)CCS1. The van der Waals surface area contributed by atoms with Crippen molar-refractivity contribution in [1.82, 2.24) is 10.2 Å². The van der Waals surface area contributed by atoms with E-state index >= 15 is 0 Å². The fraction of sp³-hybridized carbons (Fsp3) is 0.750. The van der Waals surface area contributed by atoms with E-state index in [0.717, 1.165) is 5.75 Å². The highest BCUT2D eigenvalue weighted by atomic mass is 32.2. The third kappa shape index (κ3) is 5.28. The number of aliphatic carboxylic acids is 1. The van der Waals surface area contributed by atoms with E-state index in [1.807, 2.05) is 13.8 Å². The van der Waals surface area contributed by atoms with Crippen molar-refractivity contribution >= 4 is 29.7 Å². The minimum Gasteiger partial charge on any atom is -0.480 e. The lowest BCUT2D eigenvalue weighted by Gasteiger charge is -2.37. The Morgan fingerprint density at radius 2 is 2.10 bits per heavy atom. The number of amides is 3. The van der Waals surface area contributed by atoms with E-state index in [0.29, 0.717) is 13.1 Å². The lowest BCUT2D eigenvalue weighted by molar-refractivity contribution is -0.139. The van der Waals surface area contributed by atoms with Gasteiger partial charge in [-0.15, -0.1) is 0 Å². The first-order valence-corrected chi connectivity index (χ1v) is 7.40. The fourth-order valence-electron chi connectivity index (χ4n) is 1.97. The number of carbonyl (C=O) groups excluding carboxylic acids is 2. The summed E-state index contributed by atoms with van der Waals surface area (Å²) in [6, 6.07) is -1.50. The number of urea groups is 1. The maximum absolute atomic E-state index is 12.1. The van der Waals surface area contributed by atoms with E-state index in [4.69, 9.17) is 10.8 Å². The van der Waals surface area contributed by atoms with Gasteiger partial charge >= 0.3 is 12.0 Å². The lowest BCUT2D eigenvalue weighted by Crippen LogP contribution is -2.53. The van der Waals surface area contributed by atoms with Crippen LogP contribution < -0.4 is 11.1 Å². The molecular formula is C12H21N3O4S. The molecule has 0 spiro atoms. The topological polar surface area (TPSA) is 113 Å². The van der Waals surface area contributed by atoms with E-state index in [1.165, 1.54) is 0 Å². The summed E-state index contributed by atoms with van der Waals surface area (Å²) in [4.78, 5) is 35.4. The molecule has 1 aliphatic rings. The Morgan fingerprint density at radius 1 is 1.45 bits per heavy atom. The zero-order chi connectivity index (χ0) is 15.3. The number of thioether (sulfide) groups is 1. The fourth-order valence-corrected chi connectivity index (χ4v) is 3.09. The average molecular weight is 303 g/mol. The second-order valence-corrected chi connectivity index (χ2v) is 7.18. The molecular weight excluding hydrogens is 282 g/mol. The lowest BCUT2D eigenvalue weighted by atomic mass is 10.1. The quantitative estimate of drug-likeness (QED) is 0.673. The van der Waals surface area contributed by atoms with Crippen molar-refractivity contribution in [1.29, 1.82) is 0 Å². The van der Waals surface area contributed by atoms with Gasteiger partial charge in [-0.25, -0.2) is 9.59 Å². The molecule has 20 heavy (non-hydrogen) atoms. The van der Waals surface area contributed by atoms with E-state index in [1.54, 1.807) is 16.7 Å². The molecule has 114 valence electrons. The number of carboxylic acid groups (broad SMARTS) is 1. The molecule has 0 bridgehead atoms. The van der Waals surface area contributed by atoms with Crippen LogP contribution in [0.1, 0.15) is 26.7 Å². The monoisotopic (exact) mass is 303 g/mol. The molecule has 1 aliphatic heterocycles. The number of hydrogen-bond donors (Lipinski definition) is 3. The first kappa shape index (κ1) is 16.6. The van der Waals surface area contributed by atoms with Crippen LogP contribution in [0.5, 0.6) is 0 Å². The molecule has 7 nitrogen and oxygen atoms in total. The summed E-state index contributed by atoms with van der Waals surface area (Å²) in [5, 5.41) is 11.5. The molecule has 0 aromatic carbocycles. The summed E-state index contributed by atoms with van der Waals surface area (Å²) < 4.78 is -0.0401. The van der Waals surface area contributed by atoms with Crippen LogP contribution in [0.3, 0.4) is 0 Å². The Bertz CT molecular complexity index is 400. The maximum Gasteiger partial charge on any atom is 0.326 e. The van der Waals surface area contributed by atoms with Crippen molar-refractivity contribution in [3.05, 3.63) is 0 Å². The van der Waals surface area contributed by atoms with Gasteiger partial charge in [-0.2, -0.15) is 11.8 Å². The Hall–Kier alpha value is -1.44. The standard InChI is InChI=1S/C12H21N3O4S/c1-12(2)7-15(5-6-20-12)11(19)14-8(10(17)18)3-4-9(13)16/h8H,3-7H2,1-2H3,(H2,13,16)(H,14,19)(H,17,18)/t8-/m1/s1. The van der Waals surface area contributed by atoms with Crippen molar-refractivity contribution in [2.45, 2.75) is 37.5 Å². The van der Waals surface area contributed by atoms with Crippen LogP contribution >= 0.6 is 11.8 Å². The highest BCUT2D eigenvalue weighted by molar-refractivity contribution is 8.00. The largest absolute Gasteiger partial charge is 0.480 e. The van der Waals surface area contributed by atoms with Crippen LogP contribution in [0.4, 0.5) is 4.79 Å². The highest BCUT2D eigenvalue weighted by Gasteiger charge is 2.31. The molecule has 0 unspecified atom stereocenters. The van der Waals surface area contributed by atoms with Gasteiger partial charge in [-0.3, -0.25) is 4.79 Å². The first-order chi connectivity index (χ1) is 9.21. The van der Waals surface area contributed by atoms with Gasteiger partial charge in [0.1, 0.15) is 6.04 Å². The summed E-state index contributed by atoms with van der Waals surface area (Å²) >= 11 is 1.78. The number of nitrogens with two attached hydrogens (primary N) is 1. The molecule has 3 amide bonds. The normalized spacial score (nSPS) is 19.2. The predicted octanol–water partition coefficient (Wildman–Crippen LogP) is 0.242. The molecule has 0 aromatic heterocycles. The molecule has 0 aliphatic carbocycles. The van der Waals surface area contributed by atoms with Gasteiger partial charge in [0.05, 0.1) is 0 Å². The van der Waals surface area contributed by atoms with Crippen LogP contribution in [0.2, 0.25) is 0 Å². The molecule has 0 radical (unpaired) electrons. The number of carboxylic acids is 1. The second kappa shape index (κ2) is 6.83. The molecule has 1 atom stereocenters. The third-order valence-corrected chi connectivity index (χ3v) is 4.29. The van der Waals surface area contributed by atoms with Gasteiger partial charge in [0.2, 0.25) is 5.91 Å². The Morgan fingerprint density at radius 3 is 2.60 bits per heavy atom. The zero-order valence-electron chi connectivity index (χ0n) is 11.7. The molecule has 0 aromatic rings. The summed E-state index contributed by atoms with van der Waals surface area (Å²) in [6.45, 7) is 5.23. The van der Waals surface area contributed by atoms with Crippen molar-refractivity contribution < 1.29 is 19.5 Å². The van der Waals surface area contributed by atoms with Crippen molar-refractivity contribution in [3.63, 3.8) is 0 Å². The Balaban J connectivity index is 2.57. The van der Waals surface area contributed by atoms with Crippen molar-refractivity contribution in [3.8, 4) is 0 Å². The molecule has 1 fully saturated rings. The first-order valence-electron chi connectivity index (χ1n) is 6.42. The number of hydrogen-bond acceptors (Lipinski definition) is 4. The maximum atomic E-state index is 12.1. The second-order valence-electron chi connectivity index (χ2n) is 5.38.